The van der Waals surface area contributed by atoms with E-state index < -0.39 is 34.5 Å². The molecule has 11 heteroatoms. The van der Waals surface area contributed by atoms with Crippen LogP contribution >= 0.6 is 0 Å². The highest BCUT2D eigenvalue weighted by Crippen LogP contribution is 2.38. The van der Waals surface area contributed by atoms with Crippen molar-refractivity contribution in [1.29, 1.82) is 0 Å². The van der Waals surface area contributed by atoms with Gasteiger partial charge < -0.3 is 10.1 Å². The fourth-order valence-corrected chi connectivity index (χ4v) is 5.02. The van der Waals surface area contributed by atoms with Gasteiger partial charge in [-0.3, -0.25) is 19.3 Å². The van der Waals surface area contributed by atoms with Crippen molar-refractivity contribution in [3.05, 3.63) is 24.3 Å². The van der Waals surface area contributed by atoms with Gasteiger partial charge in [0.25, 0.3) is 5.91 Å². The summed E-state index contributed by atoms with van der Waals surface area (Å²) in [5.41, 5.74) is 0.219. The SMILES string of the molecule is CC(C(=O)OCC(=O)Nc1cccc(S(=O)(=O)N(C)C)c1)N1C(=O)C2CCCCC2C1=O. The molecule has 174 valence electrons. The Morgan fingerprint density at radius 2 is 1.75 bits per heavy atom. The highest BCUT2D eigenvalue weighted by Gasteiger charge is 2.51. The molecule has 1 N–H and O–H groups in total. The second kappa shape index (κ2) is 9.37. The van der Waals surface area contributed by atoms with E-state index in [1.165, 1.54) is 45.3 Å². The first-order valence-electron chi connectivity index (χ1n) is 10.4. The summed E-state index contributed by atoms with van der Waals surface area (Å²) in [4.78, 5) is 50.8. The molecule has 1 aromatic rings. The molecule has 1 aromatic carbocycles. The number of sulfonamides is 1. The van der Waals surface area contributed by atoms with Crippen molar-refractivity contribution >= 4 is 39.4 Å². The van der Waals surface area contributed by atoms with Crippen molar-refractivity contribution in [1.82, 2.24) is 9.21 Å². The molecule has 0 bridgehead atoms. The molecule has 3 amide bonds. The van der Waals surface area contributed by atoms with E-state index in [1.807, 2.05) is 0 Å². The van der Waals surface area contributed by atoms with Gasteiger partial charge >= 0.3 is 5.97 Å². The van der Waals surface area contributed by atoms with Crippen LogP contribution in [-0.2, 0) is 33.9 Å². The number of rotatable bonds is 7. The molecule has 10 nitrogen and oxygen atoms in total. The molecule has 3 atom stereocenters. The Bertz CT molecular complexity index is 1010. The molecule has 3 unspecified atom stereocenters. The molecule has 2 fully saturated rings. The lowest BCUT2D eigenvalue weighted by Crippen LogP contribution is -2.45. The number of anilines is 1. The summed E-state index contributed by atoms with van der Waals surface area (Å²) < 4.78 is 30.5. The van der Waals surface area contributed by atoms with Gasteiger partial charge in [0.05, 0.1) is 16.7 Å². The normalized spacial score (nSPS) is 21.9. The smallest absolute Gasteiger partial charge is 0.329 e. The maximum atomic E-state index is 12.6. The van der Waals surface area contributed by atoms with Crippen molar-refractivity contribution in [2.24, 2.45) is 11.8 Å². The van der Waals surface area contributed by atoms with Crippen LogP contribution < -0.4 is 5.32 Å². The minimum atomic E-state index is -3.67. The zero-order valence-electron chi connectivity index (χ0n) is 18.2. The second-order valence-corrected chi connectivity index (χ2v) is 10.3. The average Bonchev–Trinajstić information content (AvgIpc) is 3.02. The van der Waals surface area contributed by atoms with Crippen LogP contribution in [0.15, 0.2) is 29.2 Å². The summed E-state index contributed by atoms with van der Waals surface area (Å²) in [5.74, 6) is -3.00. The van der Waals surface area contributed by atoms with E-state index in [1.54, 1.807) is 0 Å². The number of amides is 3. The number of carbonyl (C=O) groups is 4. The van der Waals surface area contributed by atoms with Crippen LogP contribution in [0, 0.1) is 11.8 Å². The Morgan fingerprint density at radius 1 is 1.16 bits per heavy atom. The third-order valence-corrected chi connectivity index (χ3v) is 7.66. The van der Waals surface area contributed by atoms with Gasteiger partial charge in [0, 0.05) is 19.8 Å². The van der Waals surface area contributed by atoms with Gasteiger partial charge in [-0.25, -0.2) is 17.5 Å². The number of fused-ring (bicyclic) bond motifs is 1. The Balaban J connectivity index is 1.58. The van der Waals surface area contributed by atoms with Gasteiger partial charge in [-0.1, -0.05) is 18.9 Å². The Morgan fingerprint density at radius 3 is 2.31 bits per heavy atom. The van der Waals surface area contributed by atoms with Gasteiger partial charge in [0.2, 0.25) is 21.8 Å². The fraction of sp³-hybridized carbons (Fsp3) is 0.524. The molecule has 1 aliphatic carbocycles. The first-order valence-corrected chi connectivity index (χ1v) is 11.8. The summed E-state index contributed by atoms with van der Waals surface area (Å²) in [7, 11) is -0.884. The molecule has 0 radical (unpaired) electrons. The number of hydrogen-bond acceptors (Lipinski definition) is 7. The summed E-state index contributed by atoms with van der Waals surface area (Å²) >= 11 is 0. The predicted molar refractivity (Wildman–Crippen MR) is 114 cm³/mol. The van der Waals surface area contributed by atoms with Crippen LogP contribution in [0.5, 0.6) is 0 Å². The van der Waals surface area contributed by atoms with Gasteiger partial charge in [-0.2, -0.15) is 0 Å². The standard InChI is InChI=1S/C21H27N3O7S/c1-13(24-19(26)16-9-4-5-10-17(16)20(24)27)21(28)31-12-18(25)22-14-7-6-8-15(11-14)32(29,30)23(2)3/h6-8,11,13,16-17H,4-5,9-10,12H2,1-3H3,(H,22,25). The van der Waals surface area contributed by atoms with E-state index >= 15 is 0 Å². The summed E-state index contributed by atoms with van der Waals surface area (Å²) in [6.45, 7) is 0.764. The molecule has 2 aliphatic rings. The lowest BCUT2D eigenvalue weighted by molar-refractivity contribution is -0.159. The molecule has 32 heavy (non-hydrogen) atoms. The van der Waals surface area contributed by atoms with Gasteiger partial charge in [0.1, 0.15) is 6.04 Å². The van der Waals surface area contributed by atoms with Gasteiger partial charge in [-0.05, 0) is 38.0 Å². The third kappa shape index (κ3) is 4.68. The lowest BCUT2D eigenvalue weighted by atomic mass is 9.81. The van der Waals surface area contributed by atoms with E-state index in [0.717, 1.165) is 22.0 Å². The number of hydrogen-bond donors (Lipinski definition) is 1. The van der Waals surface area contributed by atoms with E-state index in [0.29, 0.717) is 12.8 Å². The van der Waals surface area contributed by atoms with Gasteiger partial charge in [-0.15, -0.1) is 0 Å². The first-order chi connectivity index (χ1) is 15.0. The molecule has 1 saturated heterocycles. The predicted octanol–water partition coefficient (Wildman–Crippen LogP) is 0.982. The number of benzene rings is 1. The highest BCUT2D eigenvalue weighted by molar-refractivity contribution is 7.89. The monoisotopic (exact) mass is 465 g/mol. The number of nitrogens with zero attached hydrogens (tertiary/aromatic N) is 2. The van der Waals surface area contributed by atoms with Crippen molar-refractivity contribution in [3.8, 4) is 0 Å². The number of likely N-dealkylation sites (tertiary alicyclic amines) is 1. The molecular weight excluding hydrogens is 438 g/mol. The zero-order chi connectivity index (χ0) is 23.6. The number of nitrogens with one attached hydrogen (secondary N) is 1. The third-order valence-electron chi connectivity index (χ3n) is 5.85. The Labute approximate surface area is 186 Å². The van der Waals surface area contributed by atoms with Crippen LogP contribution in [0.1, 0.15) is 32.6 Å². The summed E-state index contributed by atoms with van der Waals surface area (Å²) in [5, 5.41) is 2.47. The number of esters is 1. The van der Waals surface area contributed by atoms with Crippen LogP contribution in [0.4, 0.5) is 5.69 Å². The summed E-state index contributed by atoms with van der Waals surface area (Å²) in [6.07, 6.45) is 3.03. The molecule has 3 rings (SSSR count). The molecule has 0 aromatic heterocycles. The topological polar surface area (TPSA) is 130 Å². The van der Waals surface area contributed by atoms with Crippen LogP contribution in [0.3, 0.4) is 0 Å². The van der Waals surface area contributed by atoms with E-state index in [-0.39, 0.29) is 34.2 Å². The molecule has 0 spiro atoms. The van der Waals surface area contributed by atoms with Crippen molar-refractivity contribution in [3.63, 3.8) is 0 Å². The molecular formula is C21H27N3O7S. The van der Waals surface area contributed by atoms with E-state index in [4.69, 9.17) is 4.74 Å². The van der Waals surface area contributed by atoms with E-state index in [2.05, 4.69) is 5.32 Å². The van der Waals surface area contributed by atoms with Gasteiger partial charge in [0.15, 0.2) is 6.61 Å². The molecule has 1 aliphatic heterocycles. The van der Waals surface area contributed by atoms with Crippen molar-refractivity contribution < 1.29 is 32.3 Å². The Kier molecular flexibility index (Phi) is 6.99. The van der Waals surface area contributed by atoms with Crippen molar-refractivity contribution in [2.45, 2.75) is 43.5 Å². The van der Waals surface area contributed by atoms with Crippen molar-refractivity contribution in [2.75, 3.05) is 26.0 Å². The quantitative estimate of drug-likeness (QED) is 0.469. The number of ether oxygens (including phenoxy) is 1. The Hall–Kier alpha value is -2.79. The fourth-order valence-electron chi connectivity index (χ4n) is 4.07. The van der Waals surface area contributed by atoms with Crippen LogP contribution in [-0.4, -0.2) is 68.1 Å². The highest BCUT2D eigenvalue weighted by atomic mass is 32.2. The van der Waals surface area contributed by atoms with Crippen LogP contribution in [0.2, 0.25) is 0 Å². The minimum Gasteiger partial charge on any atom is -0.454 e. The zero-order valence-corrected chi connectivity index (χ0v) is 19.1. The second-order valence-electron chi connectivity index (χ2n) is 8.19. The number of carbonyl (C=O) groups excluding carboxylic acids is 4. The molecule has 1 saturated carbocycles. The minimum absolute atomic E-state index is 0.00144. The lowest BCUT2D eigenvalue weighted by Gasteiger charge is -2.21. The average molecular weight is 466 g/mol. The largest absolute Gasteiger partial charge is 0.454 e. The molecule has 1 heterocycles. The maximum Gasteiger partial charge on any atom is 0.329 e. The number of imide groups is 1. The maximum absolute atomic E-state index is 12.6. The van der Waals surface area contributed by atoms with E-state index in [9.17, 15) is 27.6 Å². The first kappa shape index (κ1) is 23.9. The van der Waals surface area contributed by atoms with Crippen LogP contribution in [0.25, 0.3) is 0 Å². The summed E-state index contributed by atoms with van der Waals surface area (Å²) in [6, 6.07) is 4.54.